The molecular formula is C12H15ClN2O2. The second kappa shape index (κ2) is 5.02. The molecule has 1 N–H and O–H groups in total. The topological polar surface area (TPSA) is 51.2 Å². The molecule has 17 heavy (non-hydrogen) atoms. The van der Waals surface area contributed by atoms with E-state index in [0.29, 0.717) is 23.0 Å². The molecule has 0 saturated carbocycles. The number of amides is 1. The number of carbonyl (C=O) groups is 1. The minimum Gasteiger partial charge on any atom is -0.378 e. The van der Waals surface area contributed by atoms with Crippen molar-refractivity contribution in [3.8, 4) is 0 Å². The number of rotatable bonds is 2. The van der Waals surface area contributed by atoms with Gasteiger partial charge >= 0.3 is 0 Å². The Morgan fingerprint density at radius 1 is 1.65 bits per heavy atom. The lowest BCUT2D eigenvalue weighted by atomic mass is 10.0. The van der Waals surface area contributed by atoms with Gasteiger partial charge in [-0.15, -0.1) is 0 Å². The minimum absolute atomic E-state index is 0.0308. The van der Waals surface area contributed by atoms with Crippen molar-refractivity contribution < 1.29 is 9.53 Å². The number of aryl methyl sites for hydroxylation is 1. The SMILES string of the molecule is Cc1nccc(NC(=O)[C@@H]2CCO[C@@H]2C)c1Cl. The Hall–Kier alpha value is -1.13. The second-order valence-electron chi connectivity index (χ2n) is 4.22. The third kappa shape index (κ3) is 2.58. The number of anilines is 1. The zero-order valence-electron chi connectivity index (χ0n) is 9.87. The first-order valence-corrected chi connectivity index (χ1v) is 6.01. The monoisotopic (exact) mass is 254 g/mol. The van der Waals surface area contributed by atoms with Crippen LogP contribution in [0.4, 0.5) is 5.69 Å². The van der Waals surface area contributed by atoms with Gasteiger partial charge in [-0.05, 0) is 26.3 Å². The highest BCUT2D eigenvalue weighted by molar-refractivity contribution is 6.34. The van der Waals surface area contributed by atoms with Gasteiger partial charge in [-0.3, -0.25) is 9.78 Å². The summed E-state index contributed by atoms with van der Waals surface area (Å²) in [7, 11) is 0. The standard InChI is InChI=1S/C12H15ClN2O2/c1-7-11(13)10(3-5-14-7)15-12(16)9-4-6-17-8(9)2/h3,5,8-9H,4,6H2,1-2H3,(H,14,15,16)/t8-,9-/m1/s1. The molecule has 0 aromatic carbocycles. The fourth-order valence-electron chi connectivity index (χ4n) is 1.95. The smallest absolute Gasteiger partial charge is 0.230 e. The van der Waals surface area contributed by atoms with Crippen molar-refractivity contribution in [2.45, 2.75) is 26.4 Å². The molecule has 5 heteroatoms. The maximum atomic E-state index is 12.0. The number of carbonyl (C=O) groups excluding carboxylic acids is 1. The van der Waals surface area contributed by atoms with E-state index in [0.717, 1.165) is 6.42 Å². The lowest BCUT2D eigenvalue weighted by Gasteiger charge is -2.15. The van der Waals surface area contributed by atoms with Gasteiger partial charge in [-0.1, -0.05) is 11.6 Å². The van der Waals surface area contributed by atoms with Gasteiger partial charge in [-0.2, -0.15) is 0 Å². The van der Waals surface area contributed by atoms with Crippen LogP contribution >= 0.6 is 11.6 Å². The van der Waals surface area contributed by atoms with Crippen LogP contribution in [0.3, 0.4) is 0 Å². The molecule has 1 amide bonds. The molecule has 1 saturated heterocycles. The van der Waals surface area contributed by atoms with Crippen LogP contribution in [0.15, 0.2) is 12.3 Å². The van der Waals surface area contributed by atoms with Crippen LogP contribution in [0.2, 0.25) is 5.02 Å². The van der Waals surface area contributed by atoms with Gasteiger partial charge in [0.1, 0.15) is 0 Å². The van der Waals surface area contributed by atoms with Gasteiger partial charge < -0.3 is 10.1 Å². The summed E-state index contributed by atoms with van der Waals surface area (Å²) >= 11 is 6.07. The van der Waals surface area contributed by atoms with Crippen LogP contribution < -0.4 is 5.32 Å². The first-order chi connectivity index (χ1) is 8.09. The second-order valence-corrected chi connectivity index (χ2v) is 4.60. The number of nitrogens with one attached hydrogen (secondary N) is 1. The molecule has 1 aliphatic heterocycles. The number of hydrogen-bond acceptors (Lipinski definition) is 3. The highest BCUT2D eigenvalue weighted by Crippen LogP contribution is 2.26. The molecule has 4 nitrogen and oxygen atoms in total. The molecule has 2 rings (SSSR count). The molecule has 1 aliphatic rings. The molecule has 1 aromatic rings. The summed E-state index contributed by atoms with van der Waals surface area (Å²) in [4.78, 5) is 16.1. The van der Waals surface area contributed by atoms with E-state index < -0.39 is 0 Å². The summed E-state index contributed by atoms with van der Waals surface area (Å²) in [6, 6.07) is 1.70. The molecule has 0 spiro atoms. The Bertz CT molecular complexity index is 437. The molecule has 0 aliphatic carbocycles. The third-order valence-electron chi connectivity index (χ3n) is 3.03. The van der Waals surface area contributed by atoms with E-state index in [2.05, 4.69) is 10.3 Å². The first-order valence-electron chi connectivity index (χ1n) is 5.63. The van der Waals surface area contributed by atoms with Gasteiger partial charge in [0, 0.05) is 12.8 Å². The number of pyridine rings is 1. The molecule has 1 fully saturated rings. The Labute approximate surface area is 105 Å². The van der Waals surface area contributed by atoms with Gasteiger partial charge in [0.2, 0.25) is 5.91 Å². The fraction of sp³-hybridized carbons (Fsp3) is 0.500. The van der Waals surface area contributed by atoms with Crippen LogP contribution in [-0.4, -0.2) is 23.6 Å². The van der Waals surface area contributed by atoms with E-state index in [1.54, 1.807) is 19.2 Å². The summed E-state index contributed by atoms with van der Waals surface area (Å²) in [5, 5.41) is 3.33. The molecule has 92 valence electrons. The summed E-state index contributed by atoms with van der Waals surface area (Å²) in [5.74, 6) is -0.137. The van der Waals surface area contributed by atoms with Crippen LogP contribution in [0.5, 0.6) is 0 Å². The predicted molar refractivity (Wildman–Crippen MR) is 66.1 cm³/mol. The lowest BCUT2D eigenvalue weighted by Crippen LogP contribution is -2.27. The van der Waals surface area contributed by atoms with Crippen molar-refractivity contribution in [3.63, 3.8) is 0 Å². The van der Waals surface area contributed by atoms with Crippen LogP contribution in [0, 0.1) is 12.8 Å². The van der Waals surface area contributed by atoms with Crippen molar-refractivity contribution in [2.75, 3.05) is 11.9 Å². The number of hydrogen-bond donors (Lipinski definition) is 1. The lowest BCUT2D eigenvalue weighted by molar-refractivity contribution is -0.121. The molecule has 0 radical (unpaired) electrons. The fourth-order valence-corrected chi connectivity index (χ4v) is 2.11. The van der Waals surface area contributed by atoms with E-state index in [4.69, 9.17) is 16.3 Å². The Kier molecular flexibility index (Phi) is 3.64. The van der Waals surface area contributed by atoms with E-state index in [9.17, 15) is 4.79 Å². The highest BCUT2D eigenvalue weighted by atomic mass is 35.5. The van der Waals surface area contributed by atoms with Crippen molar-refractivity contribution in [1.82, 2.24) is 4.98 Å². The molecule has 2 atom stereocenters. The van der Waals surface area contributed by atoms with Gasteiger partial charge in [0.25, 0.3) is 0 Å². The summed E-state index contributed by atoms with van der Waals surface area (Å²) in [6.45, 7) is 4.36. The van der Waals surface area contributed by atoms with Crippen LogP contribution in [0.25, 0.3) is 0 Å². The molecule has 1 aromatic heterocycles. The summed E-state index contributed by atoms with van der Waals surface area (Å²) in [5.41, 5.74) is 1.32. The van der Waals surface area contributed by atoms with E-state index in [1.807, 2.05) is 6.92 Å². The van der Waals surface area contributed by atoms with Crippen molar-refractivity contribution >= 4 is 23.2 Å². The zero-order valence-corrected chi connectivity index (χ0v) is 10.6. The van der Waals surface area contributed by atoms with Crippen LogP contribution in [-0.2, 0) is 9.53 Å². The van der Waals surface area contributed by atoms with E-state index >= 15 is 0 Å². The van der Waals surface area contributed by atoms with E-state index in [-0.39, 0.29) is 17.9 Å². The van der Waals surface area contributed by atoms with Gasteiger partial charge in [0.15, 0.2) is 0 Å². The highest BCUT2D eigenvalue weighted by Gasteiger charge is 2.31. The third-order valence-corrected chi connectivity index (χ3v) is 3.51. The number of nitrogens with zero attached hydrogens (tertiary/aromatic N) is 1. The maximum Gasteiger partial charge on any atom is 0.230 e. The molecule has 2 heterocycles. The Balaban J connectivity index is 2.10. The Morgan fingerprint density at radius 3 is 3.06 bits per heavy atom. The molecular weight excluding hydrogens is 240 g/mol. The average Bonchev–Trinajstić information content (AvgIpc) is 2.71. The average molecular weight is 255 g/mol. The maximum absolute atomic E-state index is 12.0. The van der Waals surface area contributed by atoms with Gasteiger partial charge in [0.05, 0.1) is 28.4 Å². The van der Waals surface area contributed by atoms with Crippen molar-refractivity contribution in [3.05, 3.63) is 23.0 Å². The number of aromatic nitrogens is 1. The normalized spacial score (nSPS) is 23.7. The quantitative estimate of drug-likeness (QED) is 0.882. The van der Waals surface area contributed by atoms with Crippen molar-refractivity contribution in [2.24, 2.45) is 5.92 Å². The molecule has 0 unspecified atom stereocenters. The molecule has 0 bridgehead atoms. The Morgan fingerprint density at radius 2 is 2.41 bits per heavy atom. The summed E-state index contributed by atoms with van der Waals surface area (Å²) in [6.07, 6.45) is 2.36. The number of halogens is 1. The largest absolute Gasteiger partial charge is 0.378 e. The number of ether oxygens (including phenoxy) is 1. The van der Waals surface area contributed by atoms with Crippen LogP contribution in [0.1, 0.15) is 19.0 Å². The predicted octanol–water partition coefficient (Wildman–Crippen LogP) is 2.41. The zero-order chi connectivity index (χ0) is 12.4. The van der Waals surface area contributed by atoms with E-state index in [1.165, 1.54) is 0 Å². The van der Waals surface area contributed by atoms with Gasteiger partial charge in [-0.25, -0.2) is 0 Å². The minimum atomic E-state index is -0.0976. The van der Waals surface area contributed by atoms with Crippen molar-refractivity contribution in [1.29, 1.82) is 0 Å². The first kappa shape index (κ1) is 12.3. The summed E-state index contributed by atoms with van der Waals surface area (Å²) < 4.78 is 5.37.